The molecule has 16 heavy (non-hydrogen) atoms. The van der Waals surface area contributed by atoms with E-state index in [2.05, 4.69) is 19.7 Å². The summed E-state index contributed by atoms with van der Waals surface area (Å²) in [5.41, 5.74) is 0. The van der Waals surface area contributed by atoms with Crippen LogP contribution in [0.3, 0.4) is 0 Å². The van der Waals surface area contributed by atoms with Crippen LogP contribution in [-0.2, 0) is 19.6 Å². The quantitative estimate of drug-likeness (QED) is 0.521. The zero-order valence-corrected chi connectivity index (χ0v) is 9.03. The first-order chi connectivity index (χ1) is 7.52. The number of aromatic nitrogens is 2. The Kier molecular flexibility index (Phi) is 4.40. The van der Waals surface area contributed by atoms with Gasteiger partial charge < -0.3 is 9.84 Å². The van der Waals surface area contributed by atoms with Crippen LogP contribution in [0.4, 0.5) is 0 Å². The number of nitrogens with one attached hydrogen (secondary N) is 2. The molecule has 3 N–H and O–H groups in total. The van der Waals surface area contributed by atoms with Crippen molar-refractivity contribution in [3.05, 3.63) is 12.4 Å². The van der Waals surface area contributed by atoms with Gasteiger partial charge in [0.2, 0.25) is 10.0 Å². The Morgan fingerprint density at radius 2 is 2.38 bits per heavy atom. The van der Waals surface area contributed by atoms with Crippen LogP contribution in [0, 0.1) is 0 Å². The lowest BCUT2D eigenvalue weighted by Gasteiger charge is -2.04. The number of nitrogens with zero attached hydrogens (tertiary/aromatic N) is 1. The smallest absolute Gasteiger partial charge is 0.329 e. The molecule has 9 heteroatoms. The number of hydrogen-bond donors (Lipinski definition) is 3. The summed E-state index contributed by atoms with van der Waals surface area (Å²) in [6.07, 6.45) is 2.40. The monoisotopic (exact) mass is 249 g/mol. The Balaban J connectivity index is 2.30. The standard InChI is InChI=1S/C7H11N3O5S/c11-7(12)5-15-2-1-10-16(13,14)6-3-8-9-4-6/h3-4,10H,1-2,5H2,(H,8,9)(H,11,12). The highest BCUT2D eigenvalue weighted by molar-refractivity contribution is 7.89. The molecule has 8 nitrogen and oxygen atoms in total. The molecule has 90 valence electrons. The summed E-state index contributed by atoms with van der Waals surface area (Å²) in [6, 6.07) is 0. The lowest BCUT2D eigenvalue weighted by molar-refractivity contribution is -0.142. The van der Waals surface area contributed by atoms with Crippen LogP contribution < -0.4 is 4.72 Å². The Morgan fingerprint density at radius 1 is 1.62 bits per heavy atom. The SMILES string of the molecule is O=C(O)COCCNS(=O)(=O)c1cn[nH]c1. The molecule has 1 aromatic heterocycles. The predicted molar refractivity (Wildman–Crippen MR) is 52.2 cm³/mol. The van der Waals surface area contributed by atoms with Gasteiger partial charge in [-0.2, -0.15) is 5.10 Å². The van der Waals surface area contributed by atoms with E-state index in [0.29, 0.717) is 0 Å². The Hall–Kier alpha value is -1.45. The van der Waals surface area contributed by atoms with Gasteiger partial charge in [0, 0.05) is 12.7 Å². The lowest BCUT2D eigenvalue weighted by atomic mass is 10.7. The maximum atomic E-state index is 11.4. The first-order valence-corrected chi connectivity index (χ1v) is 5.78. The van der Waals surface area contributed by atoms with Crippen molar-refractivity contribution in [2.45, 2.75) is 4.90 Å². The topological polar surface area (TPSA) is 121 Å². The number of carbonyl (C=O) groups is 1. The average Bonchev–Trinajstić information content (AvgIpc) is 2.69. The number of hydrogen-bond acceptors (Lipinski definition) is 5. The molecule has 0 aromatic carbocycles. The third kappa shape index (κ3) is 3.96. The van der Waals surface area contributed by atoms with E-state index in [1.165, 1.54) is 12.4 Å². The van der Waals surface area contributed by atoms with Gasteiger partial charge in [0.25, 0.3) is 0 Å². The highest BCUT2D eigenvalue weighted by atomic mass is 32.2. The van der Waals surface area contributed by atoms with E-state index in [1.807, 2.05) is 0 Å². The van der Waals surface area contributed by atoms with E-state index in [0.717, 1.165) is 0 Å². The Labute approximate surface area is 91.7 Å². The largest absolute Gasteiger partial charge is 0.480 e. The molecule has 0 fully saturated rings. The van der Waals surface area contributed by atoms with Crippen molar-refractivity contribution in [1.29, 1.82) is 0 Å². The van der Waals surface area contributed by atoms with Gasteiger partial charge in [-0.1, -0.05) is 0 Å². The molecule has 1 heterocycles. The van der Waals surface area contributed by atoms with Gasteiger partial charge in [0.15, 0.2) is 0 Å². The molecule has 0 radical (unpaired) electrons. The fourth-order valence-electron chi connectivity index (χ4n) is 0.877. The fourth-order valence-corrected chi connectivity index (χ4v) is 1.80. The molecule has 0 aliphatic carbocycles. The number of carboxylic acids is 1. The van der Waals surface area contributed by atoms with Crippen molar-refractivity contribution in [3.63, 3.8) is 0 Å². The molecule has 1 aromatic rings. The molecule has 0 aliphatic rings. The van der Waals surface area contributed by atoms with Gasteiger partial charge in [-0.15, -0.1) is 0 Å². The summed E-state index contributed by atoms with van der Waals surface area (Å²) < 4.78 is 29.8. The van der Waals surface area contributed by atoms with Gasteiger partial charge in [-0.05, 0) is 0 Å². The van der Waals surface area contributed by atoms with Crippen LogP contribution in [0.15, 0.2) is 17.3 Å². The molecule has 1 rings (SSSR count). The van der Waals surface area contributed by atoms with Crippen molar-refractivity contribution in [2.24, 2.45) is 0 Å². The van der Waals surface area contributed by atoms with Crippen LogP contribution >= 0.6 is 0 Å². The summed E-state index contributed by atoms with van der Waals surface area (Å²) in [5.74, 6) is -1.10. The van der Waals surface area contributed by atoms with Crippen LogP contribution in [0.25, 0.3) is 0 Å². The van der Waals surface area contributed by atoms with Crippen LogP contribution in [0.5, 0.6) is 0 Å². The predicted octanol–water partition coefficient (Wildman–Crippen LogP) is -1.21. The summed E-state index contributed by atoms with van der Waals surface area (Å²) in [7, 11) is -3.59. The van der Waals surface area contributed by atoms with E-state index in [1.54, 1.807) is 0 Å². The number of ether oxygens (including phenoxy) is 1. The number of aromatic amines is 1. The normalized spacial score (nSPS) is 11.5. The molecule has 0 spiro atoms. The molecule has 0 amide bonds. The first-order valence-electron chi connectivity index (χ1n) is 4.30. The molecule has 0 saturated carbocycles. The summed E-state index contributed by atoms with van der Waals surface area (Å²) in [5, 5.41) is 14.1. The van der Waals surface area contributed by atoms with Crippen LogP contribution in [0.2, 0.25) is 0 Å². The lowest BCUT2D eigenvalue weighted by Crippen LogP contribution is -2.27. The number of H-pyrrole nitrogens is 1. The number of carboxylic acid groups (broad SMARTS) is 1. The molecule has 0 atom stereocenters. The third-order valence-corrected chi connectivity index (χ3v) is 2.98. The summed E-state index contributed by atoms with van der Waals surface area (Å²) in [4.78, 5) is 10.1. The maximum Gasteiger partial charge on any atom is 0.329 e. The summed E-state index contributed by atoms with van der Waals surface area (Å²) in [6.45, 7) is -0.461. The zero-order valence-electron chi connectivity index (χ0n) is 8.21. The number of sulfonamides is 1. The van der Waals surface area contributed by atoms with Crippen molar-refractivity contribution in [3.8, 4) is 0 Å². The summed E-state index contributed by atoms with van der Waals surface area (Å²) >= 11 is 0. The number of rotatable bonds is 7. The second kappa shape index (κ2) is 5.58. The second-order valence-corrected chi connectivity index (χ2v) is 4.55. The molecule has 0 saturated heterocycles. The van der Waals surface area contributed by atoms with Crippen molar-refractivity contribution >= 4 is 16.0 Å². The first kappa shape index (κ1) is 12.6. The van der Waals surface area contributed by atoms with E-state index < -0.39 is 22.6 Å². The fraction of sp³-hybridized carbons (Fsp3) is 0.429. The third-order valence-electron chi connectivity index (χ3n) is 1.55. The Morgan fingerprint density at radius 3 is 2.94 bits per heavy atom. The van der Waals surface area contributed by atoms with Crippen molar-refractivity contribution in [2.75, 3.05) is 19.8 Å². The van der Waals surface area contributed by atoms with Gasteiger partial charge in [-0.3, -0.25) is 5.10 Å². The van der Waals surface area contributed by atoms with Gasteiger partial charge in [0.05, 0.1) is 12.8 Å². The average molecular weight is 249 g/mol. The highest BCUT2D eigenvalue weighted by Crippen LogP contribution is 2.03. The highest BCUT2D eigenvalue weighted by Gasteiger charge is 2.13. The van der Waals surface area contributed by atoms with Gasteiger partial charge in [-0.25, -0.2) is 17.9 Å². The minimum Gasteiger partial charge on any atom is -0.480 e. The molecular weight excluding hydrogens is 238 g/mol. The van der Waals surface area contributed by atoms with E-state index in [-0.39, 0.29) is 18.0 Å². The van der Waals surface area contributed by atoms with Gasteiger partial charge in [0.1, 0.15) is 11.5 Å². The Bertz CT molecular complexity index is 427. The molecule has 0 aliphatic heterocycles. The van der Waals surface area contributed by atoms with Crippen LogP contribution in [0.1, 0.15) is 0 Å². The van der Waals surface area contributed by atoms with Crippen molar-refractivity contribution < 1.29 is 23.1 Å². The number of aliphatic carboxylic acids is 1. The van der Waals surface area contributed by atoms with Crippen LogP contribution in [-0.4, -0.2) is 49.4 Å². The molecular formula is C7H11N3O5S. The van der Waals surface area contributed by atoms with E-state index >= 15 is 0 Å². The zero-order chi connectivity index (χ0) is 12.0. The van der Waals surface area contributed by atoms with Crippen molar-refractivity contribution in [1.82, 2.24) is 14.9 Å². The van der Waals surface area contributed by atoms with Gasteiger partial charge >= 0.3 is 5.97 Å². The van der Waals surface area contributed by atoms with E-state index in [9.17, 15) is 13.2 Å². The minimum atomic E-state index is -3.59. The second-order valence-electron chi connectivity index (χ2n) is 2.78. The maximum absolute atomic E-state index is 11.4. The molecule has 0 unspecified atom stereocenters. The van der Waals surface area contributed by atoms with E-state index in [4.69, 9.17) is 5.11 Å². The molecule has 0 bridgehead atoms. The minimum absolute atomic E-state index is 0.000787.